The average molecular weight is 212 g/mol. The zero-order valence-corrected chi connectivity index (χ0v) is 9.00. The van der Waals surface area contributed by atoms with Crippen LogP contribution in [0.15, 0.2) is 17.5 Å². The molecule has 78 valence electrons. The second-order valence-electron chi connectivity index (χ2n) is 3.42. The smallest absolute Gasteiger partial charge is 0.0594 e. The average Bonchev–Trinajstić information content (AvgIpc) is 2.74. The van der Waals surface area contributed by atoms with Crippen LogP contribution in [0.5, 0.6) is 0 Å². The van der Waals surface area contributed by atoms with Gasteiger partial charge in [-0.3, -0.25) is 4.90 Å². The van der Waals surface area contributed by atoms with E-state index in [0.717, 1.165) is 26.3 Å². The van der Waals surface area contributed by atoms with Gasteiger partial charge in [-0.2, -0.15) is 0 Å². The third-order valence-corrected chi connectivity index (χ3v) is 3.55. The van der Waals surface area contributed by atoms with E-state index in [9.17, 15) is 0 Å². The summed E-state index contributed by atoms with van der Waals surface area (Å²) in [5, 5.41) is 2.11. The highest BCUT2D eigenvalue weighted by Gasteiger charge is 2.21. The number of rotatable bonds is 3. The van der Waals surface area contributed by atoms with Crippen LogP contribution in [-0.4, -0.2) is 37.7 Å². The first-order valence-corrected chi connectivity index (χ1v) is 5.85. The van der Waals surface area contributed by atoms with Crippen LogP contribution in [0.2, 0.25) is 0 Å². The third kappa shape index (κ3) is 2.15. The minimum atomic E-state index is 0.388. The van der Waals surface area contributed by atoms with Crippen molar-refractivity contribution in [2.24, 2.45) is 5.73 Å². The van der Waals surface area contributed by atoms with Crippen LogP contribution in [0.4, 0.5) is 0 Å². The van der Waals surface area contributed by atoms with Crippen molar-refractivity contribution in [2.75, 3.05) is 32.8 Å². The van der Waals surface area contributed by atoms with Gasteiger partial charge in [0, 0.05) is 24.5 Å². The van der Waals surface area contributed by atoms with Crippen LogP contribution in [-0.2, 0) is 4.74 Å². The molecule has 2 heterocycles. The van der Waals surface area contributed by atoms with E-state index in [2.05, 4.69) is 22.4 Å². The van der Waals surface area contributed by atoms with Gasteiger partial charge in [-0.15, -0.1) is 11.3 Å². The Kier molecular flexibility index (Phi) is 3.53. The molecule has 0 aromatic carbocycles. The number of hydrogen-bond acceptors (Lipinski definition) is 4. The molecule has 0 radical (unpaired) electrons. The van der Waals surface area contributed by atoms with Gasteiger partial charge in [-0.25, -0.2) is 0 Å². The topological polar surface area (TPSA) is 38.5 Å². The molecule has 0 saturated carbocycles. The van der Waals surface area contributed by atoms with Gasteiger partial charge in [-0.05, 0) is 11.4 Å². The van der Waals surface area contributed by atoms with E-state index in [1.54, 1.807) is 11.3 Å². The lowest BCUT2D eigenvalue weighted by molar-refractivity contribution is 0.0186. The van der Waals surface area contributed by atoms with Crippen molar-refractivity contribution in [1.82, 2.24) is 4.90 Å². The summed E-state index contributed by atoms with van der Waals surface area (Å²) in [6.07, 6.45) is 0. The van der Waals surface area contributed by atoms with Gasteiger partial charge in [0.15, 0.2) is 0 Å². The summed E-state index contributed by atoms with van der Waals surface area (Å²) < 4.78 is 5.33. The van der Waals surface area contributed by atoms with Crippen molar-refractivity contribution in [3.63, 3.8) is 0 Å². The summed E-state index contributed by atoms with van der Waals surface area (Å²) in [4.78, 5) is 3.78. The molecule has 4 heteroatoms. The molecule has 14 heavy (non-hydrogen) atoms. The predicted octanol–water partition coefficient (Wildman–Crippen LogP) is 1.08. The zero-order chi connectivity index (χ0) is 9.80. The van der Waals surface area contributed by atoms with E-state index in [4.69, 9.17) is 10.5 Å². The summed E-state index contributed by atoms with van der Waals surface area (Å²) >= 11 is 1.79. The van der Waals surface area contributed by atoms with Gasteiger partial charge in [0.1, 0.15) is 0 Å². The number of nitrogens with two attached hydrogens (primary N) is 1. The number of nitrogens with zero attached hydrogens (tertiary/aromatic N) is 1. The fourth-order valence-electron chi connectivity index (χ4n) is 1.82. The normalized spacial score (nSPS) is 20.9. The lowest BCUT2D eigenvalue weighted by atomic mass is 10.2. The van der Waals surface area contributed by atoms with Gasteiger partial charge >= 0.3 is 0 Å². The molecule has 1 unspecified atom stereocenters. The van der Waals surface area contributed by atoms with E-state index in [1.807, 2.05) is 0 Å². The first kappa shape index (κ1) is 10.1. The molecule has 2 rings (SSSR count). The predicted molar refractivity (Wildman–Crippen MR) is 58.5 cm³/mol. The SMILES string of the molecule is NCC(c1cccs1)N1CCOCC1. The van der Waals surface area contributed by atoms with Crippen molar-refractivity contribution in [2.45, 2.75) is 6.04 Å². The summed E-state index contributed by atoms with van der Waals surface area (Å²) in [5.41, 5.74) is 5.82. The van der Waals surface area contributed by atoms with E-state index in [-0.39, 0.29) is 0 Å². The third-order valence-electron chi connectivity index (χ3n) is 2.58. The zero-order valence-electron chi connectivity index (χ0n) is 8.19. The Hall–Kier alpha value is -0.420. The molecule has 0 spiro atoms. The highest BCUT2D eigenvalue weighted by Crippen LogP contribution is 2.24. The van der Waals surface area contributed by atoms with Crippen LogP contribution in [0.1, 0.15) is 10.9 Å². The van der Waals surface area contributed by atoms with E-state index in [0.29, 0.717) is 12.6 Å². The van der Waals surface area contributed by atoms with Crippen molar-refractivity contribution in [1.29, 1.82) is 0 Å². The van der Waals surface area contributed by atoms with Crippen LogP contribution in [0, 0.1) is 0 Å². The van der Waals surface area contributed by atoms with Gasteiger partial charge in [0.25, 0.3) is 0 Å². The Labute approximate surface area is 88.5 Å². The number of morpholine rings is 1. The molecular formula is C10H16N2OS. The van der Waals surface area contributed by atoms with Crippen LogP contribution in [0.3, 0.4) is 0 Å². The molecule has 3 nitrogen and oxygen atoms in total. The molecule has 1 aromatic heterocycles. The molecule has 0 bridgehead atoms. The summed E-state index contributed by atoms with van der Waals surface area (Å²) in [5.74, 6) is 0. The van der Waals surface area contributed by atoms with Gasteiger partial charge in [0.2, 0.25) is 0 Å². The second kappa shape index (κ2) is 4.89. The number of ether oxygens (including phenoxy) is 1. The van der Waals surface area contributed by atoms with E-state index < -0.39 is 0 Å². The van der Waals surface area contributed by atoms with Crippen molar-refractivity contribution in [3.05, 3.63) is 22.4 Å². The molecule has 1 aliphatic rings. The number of thiophene rings is 1. The monoisotopic (exact) mass is 212 g/mol. The standard InChI is InChI=1S/C10H16N2OS/c11-8-9(10-2-1-7-14-10)12-3-5-13-6-4-12/h1-2,7,9H,3-6,8,11H2. The molecular weight excluding hydrogens is 196 g/mol. The largest absolute Gasteiger partial charge is 0.379 e. The first-order valence-electron chi connectivity index (χ1n) is 4.97. The summed E-state index contributed by atoms with van der Waals surface area (Å²) in [7, 11) is 0. The number of hydrogen-bond donors (Lipinski definition) is 1. The first-order chi connectivity index (χ1) is 6.92. The Morgan fingerprint density at radius 1 is 1.50 bits per heavy atom. The van der Waals surface area contributed by atoms with Crippen LogP contribution >= 0.6 is 11.3 Å². The molecule has 1 saturated heterocycles. The van der Waals surface area contributed by atoms with Gasteiger partial charge < -0.3 is 10.5 Å². The van der Waals surface area contributed by atoms with Crippen molar-refractivity contribution >= 4 is 11.3 Å². The maximum atomic E-state index is 5.82. The Morgan fingerprint density at radius 3 is 2.86 bits per heavy atom. The molecule has 1 fully saturated rings. The summed E-state index contributed by atoms with van der Waals surface area (Å²) in [6.45, 7) is 4.36. The molecule has 2 N–H and O–H groups in total. The molecule has 0 aliphatic carbocycles. The fraction of sp³-hybridized carbons (Fsp3) is 0.600. The molecule has 1 aromatic rings. The Morgan fingerprint density at radius 2 is 2.29 bits per heavy atom. The Bertz CT molecular complexity index is 257. The second-order valence-corrected chi connectivity index (χ2v) is 4.39. The minimum Gasteiger partial charge on any atom is -0.379 e. The quantitative estimate of drug-likeness (QED) is 0.815. The fourth-order valence-corrected chi connectivity index (χ4v) is 2.69. The lowest BCUT2D eigenvalue weighted by Gasteiger charge is -2.33. The highest BCUT2D eigenvalue weighted by molar-refractivity contribution is 7.10. The molecule has 1 atom stereocenters. The van der Waals surface area contributed by atoms with Crippen LogP contribution in [0.25, 0.3) is 0 Å². The van der Waals surface area contributed by atoms with E-state index >= 15 is 0 Å². The molecule has 1 aliphatic heterocycles. The van der Waals surface area contributed by atoms with E-state index in [1.165, 1.54) is 4.88 Å². The van der Waals surface area contributed by atoms with Crippen molar-refractivity contribution in [3.8, 4) is 0 Å². The summed E-state index contributed by atoms with van der Waals surface area (Å²) in [6, 6.07) is 4.64. The van der Waals surface area contributed by atoms with Crippen LogP contribution < -0.4 is 5.73 Å². The maximum Gasteiger partial charge on any atom is 0.0594 e. The van der Waals surface area contributed by atoms with Gasteiger partial charge in [-0.1, -0.05) is 6.07 Å². The van der Waals surface area contributed by atoms with Gasteiger partial charge in [0.05, 0.1) is 19.3 Å². The highest BCUT2D eigenvalue weighted by atomic mass is 32.1. The lowest BCUT2D eigenvalue weighted by Crippen LogP contribution is -2.41. The molecule has 0 amide bonds. The van der Waals surface area contributed by atoms with Crippen molar-refractivity contribution < 1.29 is 4.74 Å². The Balaban J connectivity index is 2.04. The minimum absolute atomic E-state index is 0.388. The maximum absolute atomic E-state index is 5.82.